The number of ether oxygens (including phenoxy) is 1. The van der Waals surface area contributed by atoms with E-state index in [2.05, 4.69) is 35.8 Å². The van der Waals surface area contributed by atoms with Gasteiger partial charge in [-0.25, -0.2) is 0 Å². The first-order valence-electron chi connectivity index (χ1n) is 10.6. The maximum absolute atomic E-state index is 10.3. The molecule has 0 radical (unpaired) electrons. The molecular formula is C22H35N3O3. The van der Waals surface area contributed by atoms with Crippen LogP contribution in [0, 0.1) is 12.8 Å². The molecule has 0 bridgehead atoms. The largest absolute Gasteiger partial charge is 0.481 e. The van der Waals surface area contributed by atoms with Crippen LogP contribution >= 0.6 is 0 Å². The summed E-state index contributed by atoms with van der Waals surface area (Å²) >= 11 is 0. The molecule has 0 amide bonds. The van der Waals surface area contributed by atoms with Crippen LogP contribution in [0.4, 0.5) is 11.4 Å². The van der Waals surface area contributed by atoms with Crippen molar-refractivity contribution in [3.63, 3.8) is 0 Å². The van der Waals surface area contributed by atoms with Crippen LogP contribution in [0.5, 0.6) is 0 Å². The summed E-state index contributed by atoms with van der Waals surface area (Å²) in [5.41, 5.74) is 9.38. The van der Waals surface area contributed by atoms with E-state index in [-0.39, 0.29) is 5.92 Å². The first-order chi connectivity index (χ1) is 13.5. The number of rotatable bonds is 3. The number of carboxylic acid groups (broad SMARTS) is 1. The molecule has 6 heteroatoms. The Labute approximate surface area is 168 Å². The van der Waals surface area contributed by atoms with Gasteiger partial charge < -0.3 is 20.5 Å². The van der Waals surface area contributed by atoms with Gasteiger partial charge in [-0.2, -0.15) is 0 Å². The van der Waals surface area contributed by atoms with E-state index in [9.17, 15) is 4.79 Å². The Bertz CT molecular complexity index is 660. The minimum Gasteiger partial charge on any atom is -0.481 e. The highest BCUT2D eigenvalue weighted by molar-refractivity contribution is 5.69. The van der Waals surface area contributed by atoms with E-state index in [1.165, 1.54) is 50.1 Å². The highest BCUT2D eigenvalue weighted by Crippen LogP contribution is 2.30. The molecule has 4 rings (SSSR count). The number of nitrogens with two attached hydrogens (primary N) is 1. The van der Waals surface area contributed by atoms with Crippen molar-refractivity contribution in [2.24, 2.45) is 5.92 Å². The van der Waals surface area contributed by atoms with Crippen molar-refractivity contribution in [3.8, 4) is 0 Å². The second-order valence-electron chi connectivity index (χ2n) is 8.39. The maximum Gasteiger partial charge on any atom is 0.306 e. The van der Waals surface area contributed by atoms with E-state index in [1.54, 1.807) is 0 Å². The normalized spacial score (nSPS) is 26.1. The van der Waals surface area contributed by atoms with E-state index in [0.717, 1.165) is 17.8 Å². The summed E-state index contributed by atoms with van der Waals surface area (Å²) in [6.45, 7) is 9.41. The van der Waals surface area contributed by atoms with Crippen molar-refractivity contribution < 1.29 is 14.6 Å². The molecule has 0 spiro atoms. The third-order valence-electron chi connectivity index (χ3n) is 6.37. The fraction of sp³-hybridized carbons (Fsp3) is 0.682. The van der Waals surface area contributed by atoms with Gasteiger partial charge in [0.1, 0.15) is 0 Å². The maximum atomic E-state index is 10.3. The molecular weight excluding hydrogens is 354 g/mol. The standard InChI is InChI=1S/C16H25N3.C6H10O3/c1-12-10-14(17)5-6-16(12)18-9-7-15(11-18)19-8-3-4-13(19)2;7-6(8)5-1-3-9-4-2-5/h5-6,10,13,15H,3-4,7-9,11,17H2,1-2H3;5H,1-4H2,(H,7,8). The van der Waals surface area contributed by atoms with Crippen LogP contribution in [0.3, 0.4) is 0 Å². The number of aryl methyl sites for hydroxylation is 1. The fourth-order valence-electron chi connectivity index (χ4n) is 4.71. The van der Waals surface area contributed by atoms with Gasteiger partial charge in [0.15, 0.2) is 0 Å². The monoisotopic (exact) mass is 389 g/mol. The summed E-state index contributed by atoms with van der Waals surface area (Å²) in [6, 6.07) is 7.81. The molecule has 3 heterocycles. The molecule has 156 valence electrons. The van der Waals surface area contributed by atoms with Gasteiger partial charge >= 0.3 is 5.97 Å². The van der Waals surface area contributed by atoms with Crippen molar-refractivity contribution in [2.75, 3.05) is 43.5 Å². The predicted octanol–water partition coefficient (Wildman–Crippen LogP) is 3.14. The number of nitrogens with zero attached hydrogens (tertiary/aromatic N) is 2. The lowest BCUT2D eigenvalue weighted by molar-refractivity contribution is -0.144. The SMILES string of the molecule is Cc1cc(N)ccc1N1CCC(N2CCCC2C)C1.O=C(O)C1CCOCC1. The summed E-state index contributed by atoms with van der Waals surface area (Å²) in [7, 11) is 0. The Balaban J connectivity index is 0.000000211. The van der Waals surface area contributed by atoms with E-state index in [4.69, 9.17) is 15.6 Å². The minimum absolute atomic E-state index is 0.154. The molecule has 0 aromatic heterocycles. The van der Waals surface area contributed by atoms with E-state index in [0.29, 0.717) is 26.1 Å². The van der Waals surface area contributed by atoms with Gasteiger partial charge in [-0.3, -0.25) is 9.69 Å². The lowest BCUT2D eigenvalue weighted by atomic mass is 10.0. The summed E-state index contributed by atoms with van der Waals surface area (Å²) < 4.78 is 4.99. The highest BCUT2D eigenvalue weighted by atomic mass is 16.5. The number of hydrogen-bond acceptors (Lipinski definition) is 5. The van der Waals surface area contributed by atoms with Gasteiger partial charge in [-0.15, -0.1) is 0 Å². The molecule has 1 aromatic carbocycles. The topological polar surface area (TPSA) is 79.0 Å². The van der Waals surface area contributed by atoms with Crippen molar-refractivity contribution in [3.05, 3.63) is 23.8 Å². The van der Waals surface area contributed by atoms with Gasteiger partial charge in [0.2, 0.25) is 0 Å². The summed E-state index contributed by atoms with van der Waals surface area (Å²) in [6.07, 6.45) is 5.40. The van der Waals surface area contributed by atoms with Gasteiger partial charge in [-0.1, -0.05) is 0 Å². The number of hydrogen-bond donors (Lipinski definition) is 2. The Morgan fingerprint density at radius 2 is 1.93 bits per heavy atom. The number of nitrogen functional groups attached to an aromatic ring is 1. The summed E-state index contributed by atoms with van der Waals surface area (Å²) in [4.78, 5) is 15.5. The third-order valence-corrected chi connectivity index (χ3v) is 6.37. The Hall–Kier alpha value is -1.79. The summed E-state index contributed by atoms with van der Waals surface area (Å²) in [5, 5.41) is 8.48. The zero-order valence-corrected chi connectivity index (χ0v) is 17.3. The van der Waals surface area contributed by atoms with Gasteiger partial charge in [0, 0.05) is 49.8 Å². The third kappa shape index (κ3) is 5.17. The fourth-order valence-corrected chi connectivity index (χ4v) is 4.71. The average Bonchev–Trinajstić information content (AvgIpc) is 3.32. The Morgan fingerprint density at radius 3 is 2.50 bits per heavy atom. The molecule has 3 fully saturated rings. The molecule has 3 N–H and O–H groups in total. The highest BCUT2D eigenvalue weighted by Gasteiger charge is 2.33. The smallest absolute Gasteiger partial charge is 0.306 e. The van der Waals surface area contributed by atoms with Crippen LogP contribution in [0.25, 0.3) is 0 Å². The molecule has 3 saturated heterocycles. The van der Waals surface area contributed by atoms with Gasteiger partial charge in [0.25, 0.3) is 0 Å². The second kappa shape index (κ2) is 9.61. The molecule has 3 aliphatic heterocycles. The van der Waals surface area contributed by atoms with Crippen LogP contribution in [-0.2, 0) is 9.53 Å². The lowest BCUT2D eigenvalue weighted by Crippen LogP contribution is -2.39. The summed E-state index contributed by atoms with van der Waals surface area (Å²) in [5.74, 6) is -0.836. The average molecular weight is 390 g/mol. The number of carboxylic acids is 1. The number of likely N-dealkylation sites (tertiary alicyclic amines) is 1. The van der Waals surface area contributed by atoms with Gasteiger partial charge in [0.05, 0.1) is 5.92 Å². The zero-order chi connectivity index (χ0) is 20.1. The van der Waals surface area contributed by atoms with Crippen LogP contribution in [0.1, 0.15) is 44.6 Å². The quantitative estimate of drug-likeness (QED) is 0.773. The Kier molecular flexibility index (Phi) is 7.18. The zero-order valence-electron chi connectivity index (χ0n) is 17.3. The molecule has 1 aromatic rings. The van der Waals surface area contributed by atoms with E-state index in [1.807, 2.05) is 6.07 Å². The number of carbonyl (C=O) groups is 1. The first-order valence-corrected chi connectivity index (χ1v) is 10.6. The predicted molar refractivity (Wildman–Crippen MR) is 113 cm³/mol. The van der Waals surface area contributed by atoms with E-state index >= 15 is 0 Å². The van der Waals surface area contributed by atoms with Crippen LogP contribution < -0.4 is 10.6 Å². The lowest BCUT2D eigenvalue weighted by Gasteiger charge is -2.29. The molecule has 0 saturated carbocycles. The van der Waals surface area contributed by atoms with Crippen molar-refractivity contribution >= 4 is 17.3 Å². The second-order valence-corrected chi connectivity index (χ2v) is 8.39. The van der Waals surface area contributed by atoms with Crippen molar-refractivity contribution in [1.82, 2.24) is 4.90 Å². The molecule has 6 nitrogen and oxygen atoms in total. The minimum atomic E-state index is -0.682. The number of benzene rings is 1. The van der Waals surface area contributed by atoms with E-state index < -0.39 is 5.97 Å². The molecule has 0 aliphatic carbocycles. The molecule has 3 aliphatic rings. The van der Waals surface area contributed by atoms with Crippen LogP contribution in [-0.4, -0.2) is 60.9 Å². The van der Waals surface area contributed by atoms with Crippen molar-refractivity contribution in [1.29, 1.82) is 0 Å². The number of anilines is 2. The molecule has 28 heavy (non-hydrogen) atoms. The molecule has 2 atom stereocenters. The van der Waals surface area contributed by atoms with Gasteiger partial charge in [-0.05, 0) is 76.3 Å². The van der Waals surface area contributed by atoms with Crippen molar-refractivity contribution in [2.45, 2.75) is 58.0 Å². The number of aliphatic carboxylic acids is 1. The molecule has 2 unspecified atom stereocenters. The van der Waals surface area contributed by atoms with Crippen LogP contribution in [0.2, 0.25) is 0 Å². The van der Waals surface area contributed by atoms with Crippen LogP contribution in [0.15, 0.2) is 18.2 Å². The first kappa shape index (κ1) is 20.9. The Morgan fingerprint density at radius 1 is 1.18 bits per heavy atom.